The average Bonchev–Trinajstić information content (AvgIpc) is 2.49. The largest absolute Gasteiger partial charge is 0.379 e. The molecule has 0 saturated carbocycles. The van der Waals surface area contributed by atoms with Crippen molar-refractivity contribution in [3.8, 4) is 0 Å². The van der Waals surface area contributed by atoms with E-state index in [1.807, 2.05) is 18.2 Å². The molecule has 3 rings (SSSR count). The van der Waals surface area contributed by atoms with Gasteiger partial charge in [0.2, 0.25) is 0 Å². The monoisotopic (exact) mass is 329 g/mol. The van der Waals surface area contributed by atoms with Gasteiger partial charge in [-0.15, -0.1) is 0 Å². The van der Waals surface area contributed by atoms with Crippen LogP contribution in [0.15, 0.2) is 57.9 Å². The van der Waals surface area contributed by atoms with Crippen LogP contribution in [0.3, 0.4) is 0 Å². The Bertz CT molecular complexity index is 808. The summed E-state index contributed by atoms with van der Waals surface area (Å²) in [4.78, 5) is 11.5. The minimum absolute atomic E-state index is 0.243. The Kier molecular flexibility index (Phi) is 3.52. The second-order valence-corrected chi connectivity index (χ2v) is 5.21. The molecule has 2 N–H and O–H groups in total. The number of benzene rings is 2. The molecule has 3 aromatic rings. The Balaban J connectivity index is 1.91. The molecule has 0 aliphatic rings. The number of H-pyrrole nitrogens is 1. The SMILES string of the molecule is O=c1[nH]ncc(NCc2cccc3ccccc23)c1Br. The zero-order valence-electron chi connectivity index (χ0n) is 10.6. The van der Waals surface area contributed by atoms with Gasteiger partial charge in [-0.25, -0.2) is 5.10 Å². The number of hydrogen-bond donors (Lipinski definition) is 2. The molecule has 0 aliphatic heterocycles. The second-order valence-electron chi connectivity index (χ2n) is 4.42. The van der Waals surface area contributed by atoms with Crippen LogP contribution in [0, 0.1) is 0 Å². The zero-order chi connectivity index (χ0) is 13.9. The number of anilines is 1. The normalized spacial score (nSPS) is 10.7. The molecule has 0 radical (unpaired) electrons. The first-order valence-electron chi connectivity index (χ1n) is 6.19. The fourth-order valence-electron chi connectivity index (χ4n) is 2.14. The van der Waals surface area contributed by atoms with Gasteiger partial charge in [-0.1, -0.05) is 42.5 Å². The Labute approximate surface area is 124 Å². The molecule has 4 nitrogen and oxygen atoms in total. The molecule has 100 valence electrons. The Morgan fingerprint density at radius 3 is 2.85 bits per heavy atom. The van der Waals surface area contributed by atoms with E-state index in [1.165, 1.54) is 16.3 Å². The van der Waals surface area contributed by atoms with Crippen LogP contribution in [0.2, 0.25) is 0 Å². The first-order chi connectivity index (χ1) is 9.75. The van der Waals surface area contributed by atoms with E-state index in [4.69, 9.17) is 0 Å². The highest BCUT2D eigenvalue weighted by Crippen LogP contribution is 2.21. The van der Waals surface area contributed by atoms with Crippen LogP contribution in [-0.4, -0.2) is 10.2 Å². The summed E-state index contributed by atoms with van der Waals surface area (Å²) in [5.74, 6) is 0. The van der Waals surface area contributed by atoms with Gasteiger partial charge in [-0.2, -0.15) is 5.10 Å². The molecule has 0 saturated heterocycles. The lowest BCUT2D eigenvalue weighted by molar-refractivity contribution is 0.972. The van der Waals surface area contributed by atoms with Gasteiger partial charge in [0.15, 0.2) is 0 Å². The van der Waals surface area contributed by atoms with E-state index in [0.717, 1.165) is 0 Å². The molecule has 2 aromatic carbocycles. The molecule has 1 aromatic heterocycles. The molecule has 0 aliphatic carbocycles. The van der Waals surface area contributed by atoms with Crippen LogP contribution in [0.4, 0.5) is 5.69 Å². The highest BCUT2D eigenvalue weighted by molar-refractivity contribution is 9.10. The van der Waals surface area contributed by atoms with Gasteiger partial charge in [0, 0.05) is 6.54 Å². The van der Waals surface area contributed by atoms with E-state index in [9.17, 15) is 4.79 Å². The molecule has 1 heterocycles. The van der Waals surface area contributed by atoms with Crippen molar-refractivity contribution in [3.63, 3.8) is 0 Å². The molecular formula is C15H12BrN3O. The van der Waals surface area contributed by atoms with E-state index in [2.05, 4.69) is 55.7 Å². The van der Waals surface area contributed by atoms with Crippen molar-refractivity contribution in [1.82, 2.24) is 10.2 Å². The maximum atomic E-state index is 11.5. The number of hydrogen-bond acceptors (Lipinski definition) is 3. The van der Waals surface area contributed by atoms with Crippen molar-refractivity contribution >= 4 is 32.4 Å². The standard InChI is InChI=1S/C15H12BrN3O/c16-14-13(9-18-19-15(14)20)17-8-11-6-3-5-10-4-1-2-7-12(10)11/h1-7,9H,8H2,(H2,17,19,20). The molecule has 0 fully saturated rings. The lowest BCUT2D eigenvalue weighted by Crippen LogP contribution is -2.12. The zero-order valence-corrected chi connectivity index (χ0v) is 12.1. The number of fused-ring (bicyclic) bond motifs is 1. The molecular weight excluding hydrogens is 318 g/mol. The number of nitrogens with one attached hydrogen (secondary N) is 2. The molecule has 0 amide bonds. The number of aromatic amines is 1. The van der Waals surface area contributed by atoms with E-state index < -0.39 is 0 Å². The third-order valence-corrected chi connectivity index (χ3v) is 3.93. The van der Waals surface area contributed by atoms with Crippen LogP contribution in [-0.2, 0) is 6.54 Å². The van der Waals surface area contributed by atoms with Crippen molar-refractivity contribution in [3.05, 3.63) is 69.1 Å². The van der Waals surface area contributed by atoms with E-state index in [-0.39, 0.29) is 5.56 Å². The Morgan fingerprint density at radius 2 is 1.95 bits per heavy atom. The molecule has 0 unspecified atom stereocenters. The van der Waals surface area contributed by atoms with Gasteiger partial charge in [-0.05, 0) is 32.3 Å². The van der Waals surface area contributed by atoms with Gasteiger partial charge in [0.1, 0.15) is 4.47 Å². The summed E-state index contributed by atoms with van der Waals surface area (Å²) in [5.41, 5.74) is 1.62. The van der Waals surface area contributed by atoms with Crippen molar-refractivity contribution < 1.29 is 0 Å². The summed E-state index contributed by atoms with van der Waals surface area (Å²) < 4.78 is 0.465. The third-order valence-electron chi connectivity index (χ3n) is 3.14. The fourth-order valence-corrected chi connectivity index (χ4v) is 2.48. The average molecular weight is 330 g/mol. The van der Waals surface area contributed by atoms with Gasteiger partial charge >= 0.3 is 0 Å². The van der Waals surface area contributed by atoms with Gasteiger partial charge < -0.3 is 5.32 Å². The first kappa shape index (κ1) is 12.9. The van der Waals surface area contributed by atoms with Crippen molar-refractivity contribution in [1.29, 1.82) is 0 Å². The van der Waals surface area contributed by atoms with E-state index in [0.29, 0.717) is 16.7 Å². The number of aromatic nitrogens is 2. The number of nitrogens with zero attached hydrogens (tertiary/aromatic N) is 1. The number of halogens is 1. The van der Waals surface area contributed by atoms with E-state index >= 15 is 0 Å². The minimum Gasteiger partial charge on any atom is -0.379 e. The van der Waals surface area contributed by atoms with Crippen molar-refractivity contribution in [2.75, 3.05) is 5.32 Å². The summed E-state index contributed by atoms with van der Waals surface area (Å²) in [5, 5.41) is 11.8. The van der Waals surface area contributed by atoms with Crippen LogP contribution < -0.4 is 10.9 Å². The summed E-state index contributed by atoms with van der Waals surface area (Å²) in [7, 11) is 0. The predicted octanol–water partition coefficient (Wildman–Crippen LogP) is 3.30. The van der Waals surface area contributed by atoms with Crippen LogP contribution in [0.5, 0.6) is 0 Å². The van der Waals surface area contributed by atoms with Gasteiger partial charge in [-0.3, -0.25) is 4.79 Å². The maximum Gasteiger partial charge on any atom is 0.280 e. The number of rotatable bonds is 3. The smallest absolute Gasteiger partial charge is 0.280 e. The first-order valence-corrected chi connectivity index (χ1v) is 6.99. The third kappa shape index (κ3) is 2.44. The highest BCUT2D eigenvalue weighted by Gasteiger charge is 2.05. The van der Waals surface area contributed by atoms with Crippen molar-refractivity contribution in [2.45, 2.75) is 6.54 Å². The summed E-state index contributed by atoms with van der Waals surface area (Å²) in [6, 6.07) is 14.4. The summed E-state index contributed by atoms with van der Waals surface area (Å²) in [6.07, 6.45) is 1.59. The maximum absolute atomic E-state index is 11.5. The molecule has 20 heavy (non-hydrogen) atoms. The Hall–Kier alpha value is -2.14. The van der Waals surface area contributed by atoms with Crippen molar-refractivity contribution in [2.24, 2.45) is 0 Å². The lowest BCUT2D eigenvalue weighted by Gasteiger charge is -2.09. The van der Waals surface area contributed by atoms with Crippen LogP contribution >= 0.6 is 15.9 Å². The molecule has 5 heteroatoms. The van der Waals surface area contributed by atoms with Gasteiger partial charge in [0.25, 0.3) is 5.56 Å². The minimum atomic E-state index is -0.243. The topological polar surface area (TPSA) is 57.8 Å². The predicted molar refractivity (Wildman–Crippen MR) is 83.8 cm³/mol. The second kappa shape index (κ2) is 5.46. The summed E-state index contributed by atoms with van der Waals surface area (Å²) >= 11 is 3.26. The van der Waals surface area contributed by atoms with Crippen LogP contribution in [0.25, 0.3) is 10.8 Å². The van der Waals surface area contributed by atoms with E-state index in [1.54, 1.807) is 6.20 Å². The molecule has 0 bridgehead atoms. The lowest BCUT2D eigenvalue weighted by atomic mass is 10.0. The van der Waals surface area contributed by atoms with Gasteiger partial charge in [0.05, 0.1) is 11.9 Å². The Morgan fingerprint density at radius 1 is 1.15 bits per heavy atom. The van der Waals surface area contributed by atoms with Crippen LogP contribution in [0.1, 0.15) is 5.56 Å². The molecule has 0 spiro atoms. The quantitative estimate of drug-likeness (QED) is 0.775. The molecule has 0 atom stereocenters. The summed E-state index contributed by atoms with van der Waals surface area (Å²) in [6.45, 7) is 0.630. The highest BCUT2D eigenvalue weighted by atomic mass is 79.9. The fraction of sp³-hybridized carbons (Fsp3) is 0.0667.